The molecule has 0 fully saturated rings. The molecule has 0 saturated heterocycles. The van der Waals surface area contributed by atoms with Crippen LogP contribution in [0, 0.1) is 0 Å². The van der Waals surface area contributed by atoms with Gasteiger partial charge >= 0.3 is 0 Å². The van der Waals surface area contributed by atoms with E-state index in [0.717, 1.165) is 77.9 Å². The summed E-state index contributed by atoms with van der Waals surface area (Å²) in [6.07, 6.45) is 0. The summed E-state index contributed by atoms with van der Waals surface area (Å²) in [6, 6.07) is 61.4. The predicted molar refractivity (Wildman–Crippen MR) is 205 cm³/mol. The summed E-state index contributed by atoms with van der Waals surface area (Å²) >= 11 is 0. The van der Waals surface area contributed by atoms with Gasteiger partial charge in [-0.15, -0.1) is 0 Å². The Kier molecular flexibility index (Phi) is 6.46. The average Bonchev–Trinajstić information content (AvgIpc) is 3.73. The van der Waals surface area contributed by atoms with Gasteiger partial charge < -0.3 is 8.98 Å². The van der Waals surface area contributed by atoms with Gasteiger partial charge in [-0.2, -0.15) is 0 Å². The smallest absolute Gasteiger partial charge is 0.160 e. The first-order valence-corrected chi connectivity index (χ1v) is 16.8. The van der Waals surface area contributed by atoms with Gasteiger partial charge in [-0.05, 0) is 53.6 Å². The fraction of sp³-hybridized carbons (Fsp3) is 0. The molecule has 4 heteroatoms. The third-order valence-corrected chi connectivity index (χ3v) is 9.65. The second kappa shape index (κ2) is 11.4. The normalized spacial score (nSPS) is 11.6. The SMILES string of the molecule is c1ccc(-c2nc(-c3ccccc3-c3ccc4oc5ccccc5c4c3)cc(-c3ccccc3-n3c4ccccc4c4ccccc43)n2)cc1. The van der Waals surface area contributed by atoms with Crippen LogP contribution in [-0.2, 0) is 0 Å². The number of fused-ring (bicyclic) bond motifs is 6. The molecule has 0 aliphatic rings. The van der Waals surface area contributed by atoms with Crippen LogP contribution in [0.15, 0.2) is 180 Å². The second-order valence-corrected chi connectivity index (χ2v) is 12.6. The van der Waals surface area contributed by atoms with E-state index in [2.05, 4.69) is 150 Å². The monoisotopic (exact) mass is 639 g/mol. The molecule has 0 aliphatic heterocycles. The summed E-state index contributed by atoms with van der Waals surface area (Å²) in [5.41, 5.74) is 12.1. The van der Waals surface area contributed by atoms with E-state index >= 15 is 0 Å². The van der Waals surface area contributed by atoms with Gasteiger partial charge in [-0.1, -0.05) is 133 Å². The molecular formula is C46H29N3O. The van der Waals surface area contributed by atoms with Crippen molar-refractivity contribution in [2.45, 2.75) is 0 Å². The van der Waals surface area contributed by atoms with Crippen LogP contribution >= 0.6 is 0 Å². The van der Waals surface area contributed by atoms with E-state index in [1.807, 2.05) is 30.3 Å². The summed E-state index contributed by atoms with van der Waals surface area (Å²) in [5, 5.41) is 4.66. The summed E-state index contributed by atoms with van der Waals surface area (Å²) < 4.78 is 8.52. The molecule has 0 N–H and O–H groups in total. The van der Waals surface area contributed by atoms with Gasteiger partial charge in [0.1, 0.15) is 11.2 Å². The Bertz CT molecular complexity index is 2830. The number of hydrogen-bond acceptors (Lipinski definition) is 3. The molecule has 0 unspecified atom stereocenters. The van der Waals surface area contributed by atoms with Crippen molar-refractivity contribution in [3.63, 3.8) is 0 Å². The summed E-state index contributed by atoms with van der Waals surface area (Å²) in [7, 11) is 0. The highest BCUT2D eigenvalue weighted by molar-refractivity contribution is 6.10. The van der Waals surface area contributed by atoms with E-state index in [9.17, 15) is 0 Å². The van der Waals surface area contributed by atoms with Crippen molar-refractivity contribution in [3.8, 4) is 50.7 Å². The Morgan fingerprint density at radius 3 is 1.70 bits per heavy atom. The Labute approximate surface area is 288 Å². The number of furan rings is 1. The van der Waals surface area contributed by atoms with Gasteiger partial charge in [0, 0.05) is 38.2 Å². The fourth-order valence-electron chi connectivity index (χ4n) is 7.36. The minimum atomic E-state index is 0.682. The van der Waals surface area contributed by atoms with E-state index in [0.29, 0.717) is 5.82 Å². The molecular weight excluding hydrogens is 611 g/mol. The number of para-hydroxylation sites is 4. The van der Waals surface area contributed by atoms with E-state index in [-0.39, 0.29) is 0 Å². The topological polar surface area (TPSA) is 43.9 Å². The number of hydrogen-bond donors (Lipinski definition) is 0. The van der Waals surface area contributed by atoms with Gasteiger partial charge in [-0.25, -0.2) is 9.97 Å². The van der Waals surface area contributed by atoms with E-state index in [1.165, 1.54) is 10.8 Å². The molecule has 0 saturated carbocycles. The van der Waals surface area contributed by atoms with Crippen molar-refractivity contribution in [2.75, 3.05) is 0 Å². The van der Waals surface area contributed by atoms with Crippen molar-refractivity contribution >= 4 is 43.7 Å². The molecule has 0 aliphatic carbocycles. The molecule has 7 aromatic carbocycles. The lowest BCUT2D eigenvalue weighted by Crippen LogP contribution is -2.01. The molecule has 0 radical (unpaired) electrons. The van der Waals surface area contributed by atoms with Crippen LogP contribution in [-0.4, -0.2) is 14.5 Å². The van der Waals surface area contributed by atoms with Crippen molar-refractivity contribution in [2.24, 2.45) is 0 Å². The van der Waals surface area contributed by atoms with E-state index < -0.39 is 0 Å². The molecule has 10 aromatic rings. The molecule has 0 amide bonds. The quantitative estimate of drug-likeness (QED) is 0.188. The molecule has 234 valence electrons. The van der Waals surface area contributed by atoms with Gasteiger partial charge in [0.25, 0.3) is 0 Å². The molecule has 50 heavy (non-hydrogen) atoms. The molecule has 3 aromatic heterocycles. The van der Waals surface area contributed by atoms with Gasteiger partial charge in [0.2, 0.25) is 0 Å². The van der Waals surface area contributed by atoms with Crippen LogP contribution in [0.1, 0.15) is 0 Å². The fourth-order valence-corrected chi connectivity index (χ4v) is 7.36. The van der Waals surface area contributed by atoms with Crippen LogP contribution < -0.4 is 0 Å². The van der Waals surface area contributed by atoms with Crippen LogP contribution in [0.25, 0.3) is 94.5 Å². The highest BCUT2D eigenvalue weighted by atomic mass is 16.3. The Balaban J connectivity index is 1.21. The van der Waals surface area contributed by atoms with Gasteiger partial charge in [0.05, 0.1) is 28.1 Å². The van der Waals surface area contributed by atoms with Crippen molar-refractivity contribution < 1.29 is 4.42 Å². The van der Waals surface area contributed by atoms with Crippen molar-refractivity contribution in [3.05, 3.63) is 176 Å². The first-order valence-electron chi connectivity index (χ1n) is 16.8. The standard InChI is InChI=1S/C46H29N3O/c1-2-14-30(15-3-1)46-47-39(33-17-5-4-16-32(33)31-26-27-45-38(28-31)36-20-9-13-25-44(36)50-45)29-40(48-46)37-21-8-12-24-43(37)49-41-22-10-6-18-34(41)35-19-7-11-23-42(35)49/h1-29H. The Morgan fingerprint density at radius 1 is 0.380 bits per heavy atom. The maximum Gasteiger partial charge on any atom is 0.160 e. The molecule has 0 spiro atoms. The lowest BCUT2D eigenvalue weighted by Gasteiger charge is -2.16. The molecule has 3 heterocycles. The number of nitrogens with zero attached hydrogens (tertiary/aromatic N) is 3. The van der Waals surface area contributed by atoms with Crippen molar-refractivity contribution in [1.29, 1.82) is 0 Å². The molecule has 10 rings (SSSR count). The van der Waals surface area contributed by atoms with Gasteiger partial charge in [-0.3, -0.25) is 0 Å². The highest BCUT2D eigenvalue weighted by Crippen LogP contribution is 2.40. The minimum absolute atomic E-state index is 0.682. The Morgan fingerprint density at radius 2 is 0.940 bits per heavy atom. The van der Waals surface area contributed by atoms with Gasteiger partial charge in [0.15, 0.2) is 5.82 Å². The van der Waals surface area contributed by atoms with E-state index in [4.69, 9.17) is 14.4 Å². The zero-order valence-electron chi connectivity index (χ0n) is 27.0. The Hall–Kier alpha value is -6.78. The number of aromatic nitrogens is 3. The largest absolute Gasteiger partial charge is 0.456 e. The van der Waals surface area contributed by atoms with Crippen LogP contribution in [0.5, 0.6) is 0 Å². The van der Waals surface area contributed by atoms with Crippen molar-refractivity contribution in [1.82, 2.24) is 14.5 Å². The number of benzene rings is 7. The summed E-state index contributed by atoms with van der Waals surface area (Å²) in [4.78, 5) is 10.5. The first-order chi connectivity index (χ1) is 24.8. The molecule has 0 bridgehead atoms. The average molecular weight is 640 g/mol. The second-order valence-electron chi connectivity index (χ2n) is 12.6. The predicted octanol–water partition coefficient (Wildman–Crippen LogP) is 12.1. The third-order valence-electron chi connectivity index (χ3n) is 9.65. The molecule has 0 atom stereocenters. The summed E-state index contributed by atoms with van der Waals surface area (Å²) in [6.45, 7) is 0. The highest BCUT2D eigenvalue weighted by Gasteiger charge is 2.19. The zero-order chi connectivity index (χ0) is 33.0. The number of rotatable bonds is 5. The summed E-state index contributed by atoms with van der Waals surface area (Å²) in [5.74, 6) is 0.682. The minimum Gasteiger partial charge on any atom is -0.456 e. The van der Waals surface area contributed by atoms with Crippen LogP contribution in [0.2, 0.25) is 0 Å². The third kappa shape index (κ3) is 4.54. The van der Waals surface area contributed by atoms with Crippen LogP contribution in [0.3, 0.4) is 0 Å². The lowest BCUT2D eigenvalue weighted by atomic mass is 9.95. The zero-order valence-corrected chi connectivity index (χ0v) is 27.0. The maximum absolute atomic E-state index is 6.16. The first kappa shape index (κ1) is 28.3. The lowest BCUT2D eigenvalue weighted by molar-refractivity contribution is 0.669. The molecule has 4 nitrogen and oxygen atoms in total. The maximum atomic E-state index is 6.16. The van der Waals surface area contributed by atoms with E-state index in [1.54, 1.807) is 0 Å². The van der Waals surface area contributed by atoms with Crippen LogP contribution in [0.4, 0.5) is 0 Å².